The molecule has 0 aliphatic heterocycles. The second-order valence-electron chi connectivity index (χ2n) is 2.22. The van der Waals surface area contributed by atoms with Crippen molar-refractivity contribution in [2.75, 3.05) is 12.6 Å². The fourth-order valence-corrected chi connectivity index (χ4v) is 0.746. The predicted molar refractivity (Wildman–Crippen MR) is 42.9 cm³/mol. The highest BCUT2D eigenvalue weighted by Gasteiger charge is 1.99. The number of hydrogen-bond donors (Lipinski definition) is 2. The standard InChI is InChI=1S/C6H9N3O3/c1-9-3-4(8-12-2)5(10)7-6(9)11/h3,8H,1-2H3,(H,7,10,11). The molecule has 0 aliphatic carbocycles. The molecule has 66 valence electrons. The first-order chi connectivity index (χ1) is 5.65. The van der Waals surface area contributed by atoms with Crippen molar-refractivity contribution < 1.29 is 4.84 Å². The number of nitrogens with zero attached hydrogens (tertiary/aromatic N) is 1. The Balaban J connectivity index is 3.24. The summed E-state index contributed by atoms with van der Waals surface area (Å²) in [4.78, 5) is 28.4. The van der Waals surface area contributed by atoms with Crippen LogP contribution in [-0.4, -0.2) is 16.7 Å². The highest BCUT2D eigenvalue weighted by atomic mass is 16.6. The third-order valence-electron chi connectivity index (χ3n) is 1.32. The van der Waals surface area contributed by atoms with Crippen molar-refractivity contribution in [1.29, 1.82) is 0 Å². The summed E-state index contributed by atoms with van der Waals surface area (Å²) in [5, 5.41) is 0. The average molecular weight is 171 g/mol. The van der Waals surface area contributed by atoms with Crippen molar-refractivity contribution in [3.05, 3.63) is 27.0 Å². The number of aryl methyl sites for hydroxylation is 1. The van der Waals surface area contributed by atoms with E-state index in [1.54, 1.807) is 0 Å². The molecule has 0 atom stereocenters. The molecule has 0 unspecified atom stereocenters. The SMILES string of the molecule is CONc1cn(C)c(=O)[nH]c1=O. The third kappa shape index (κ3) is 1.54. The first-order valence-corrected chi connectivity index (χ1v) is 3.24. The molecule has 0 aliphatic rings. The van der Waals surface area contributed by atoms with Crippen molar-refractivity contribution in [1.82, 2.24) is 9.55 Å². The first kappa shape index (κ1) is 8.54. The lowest BCUT2D eigenvalue weighted by atomic mass is 10.5. The maximum atomic E-state index is 11.0. The minimum atomic E-state index is -0.500. The zero-order chi connectivity index (χ0) is 9.14. The molecule has 1 rings (SSSR count). The molecule has 0 spiro atoms. The van der Waals surface area contributed by atoms with Gasteiger partial charge in [0.2, 0.25) is 0 Å². The van der Waals surface area contributed by atoms with E-state index in [2.05, 4.69) is 15.3 Å². The van der Waals surface area contributed by atoms with E-state index in [1.807, 2.05) is 0 Å². The summed E-state index contributed by atoms with van der Waals surface area (Å²) in [6.07, 6.45) is 1.35. The van der Waals surface area contributed by atoms with Crippen LogP contribution in [0.4, 0.5) is 5.69 Å². The van der Waals surface area contributed by atoms with Gasteiger partial charge >= 0.3 is 5.69 Å². The second kappa shape index (κ2) is 3.22. The van der Waals surface area contributed by atoms with E-state index < -0.39 is 11.2 Å². The Hall–Kier alpha value is -1.56. The van der Waals surface area contributed by atoms with E-state index in [9.17, 15) is 9.59 Å². The lowest BCUT2D eigenvalue weighted by Crippen LogP contribution is -2.29. The number of H-pyrrole nitrogens is 1. The van der Waals surface area contributed by atoms with E-state index in [1.165, 1.54) is 24.9 Å². The van der Waals surface area contributed by atoms with E-state index >= 15 is 0 Å². The highest BCUT2D eigenvalue weighted by molar-refractivity contribution is 5.34. The van der Waals surface area contributed by atoms with Gasteiger partial charge in [-0.05, 0) is 0 Å². The van der Waals surface area contributed by atoms with Gasteiger partial charge in [-0.15, -0.1) is 0 Å². The van der Waals surface area contributed by atoms with Gasteiger partial charge < -0.3 is 4.57 Å². The van der Waals surface area contributed by atoms with Crippen LogP contribution in [0.3, 0.4) is 0 Å². The van der Waals surface area contributed by atoms with Crippen LogP contribution < -0.4 is 16.7 Å². The smallest absolute Gasteiger partial charge is 0.301 e. The van der Waals surface area contributed by atoms with E-state index in [0.29, 0.717) is 0 Å². The molecule has 0 amide bonds. The van der Waals surface area contributed by atoms with Gasteiger partial charge in [0.05, 0.1) is 7.11 Å². The van der Waals surface area contributed by atoms with Gasteiger partial charge in [0, 0.05) is 13.2 Å². The molecule has 0 saturated carbocycles. The summed E-state index contributed by atoms with van der Waals surface area (Å²) in [6, 6.07) is 0. The maximum Gasteiger partial charge on any atom is 0.328 e. The Labute approximate surface area is 67.8 Å². The first-order valence-electron chi connectivity index (χ1n) is 3.24. The predicted octanol–water partition coefficient (Wildman–Crippen LogP) is -0.953. The molecule has 12 heavy (non-hydrogen) atoms. The van der Waals surface area contributed by atoms with Crippen LogP contribution in [0, 0.1) is 0 Å². The average Bonchev–Trinajstić information content (AvgIpc) is 2.01. The molecule has 0 fully saturated rings. The Morgan fingerprint density at radius 1 is 1.58 bits per heavy atom. The number of anilines is 1. The normalized spacial score (nSPS) is 9.83. The zero-order valence-corrected chi connectivity index (χ0v) is 6.75. The molecule has 1 aromatic heterocycles. The van der Waals surface area contributed by atoms with Gasteiger partial charge in [0.15, 0.2) is 0 Å². The fourth-order valence-electron chi connectivity index (χ4n) is 0.746. The monoisotopic (exact) mass is 171 g/mol. The highest BCUT2D eigenvalue weighted by Crippen LogP contribution is 1.91. The number of aromatic amines is 1. The minimum absolute atomic E-state index is 0.194. The zero-order valence-electron chi connectivity index (χ0n) is 6.75. The summed E-state index contributed by atoms with van der Waals surface area (Å²) in [5.41, 5.74) is 1.58. The van der Waals surface area contributed by atoms with E-state index in [4.69, 9.17) is 0 Å². The van der Waals surface area contributed by atoms with Crippen LogP contribution in [0.5, 0.6) is 0 Å². The Morgan fingerprint density at radius 3 is 2.83 bits per heavy atom. The Morgan fingerprint density at radius 2 is 2.25 bits per heavy atom. The molecule has 0 radical (unpaired) electrons. The summed E-state index contributed by atoms with van der Waals surface area (Å²) in [6.45, 7) is 0. The molecular formula is C6H9N3O3. The quantitative estimate of drug-likeness (QED) is 0.562. The van der Waals surface area contributed by atoms with Crippen LogP contribution in [0.2, 0.25) is 0 Å². The van der Waals surface area contributed by atoms with Crippen LogP contribution in [0.1, 0.15) is 0 Å². The molecule has 1 heterocycles. The summed E-state index contributed by atoms with van der Waals surface area (Å²) >= 11 is 0. The van der Waals surface area contributed by atoms with E-state index in [-0.39, 0.29) is 5.69 Å². The molecule has 0 saturated heterocycles. The molecule has 1 aromatic rings. The maximum absolute atomic E-state index is 11.0. The Bertz CT molecular complexity index is 378. The van der Waals surface area contributed by atoms with Gasteiger partial charge in [0.1, 0.15) is 5.69 Å². The lowest BCUT2D eigenvalue weighted by Gasteiger charge is -2.02. The van der Waals surface area contributed by atoms with Gasteiger partial charge in [-0.25, -0.2) is 4.79 Å². The summed E-state index contributed by atoms with van der Waals surface area (Å²) in [7, 11) is 2.91. The molecule has 0 bridgehead atoms. The molecule has 6 heteroatoms. The summed E-state index contributed by atoms with van der Waals surface area (Å²) < 4.78 is 1.24. The number of aromatic nitrogens is 2. The van der Waals surface area contributed by atoms with Gasteiger partial charge in [-0.3, -0.25) is 20.1 Å². The van der Waals surface area contributed by atoms with Crippen LogP contribution >= 0.6 is 0 Å². The number of rotatable bonds is 2. The van der Waals surface area contributed by atoms with Crippen molar-refractivity contribution in [3.63, 3.8) is 0 Å². The minimum Gasteiger partial charge on any atom is -0.301 e. The molecular weight excluding hydrogens is 162 g/mol. The molecule has 0 aromatic carbocycles. The third-order valence-corrected chi connectivity index (χ3v) is 1.32. The van der Waals surface area contributed by atoms with E-state index in [0.717, 1.165) is 0 Å². The molecule has 2 N–H and O–H groups in total. The van der Waals surface area contributed by atoms with Gasteiger partial charge in [0.25, 0.3) is 5.56 Å². The number of nitrogens with one attached hydrogen (secondary N) is 2. The lowest BCUT2D eigenvalue weighted by molar-refractivity contribution is 0.270. The van der Waals surface area contributed by atoms with Crippen LogP contribution in [0.15, 0.2) is 15.8 Å². The topological polar surface area (TPSA) is 76.1 Å². The van der Waals surface area contributed by atoms with Crippen molar-refractivity contribution >= 4 is 5.69 Å². The van der Waals surface area contributed by atoms with Gasteiger partial charge in [-0.1, -0.05) is 0 Å². The van der Waals surface area contributed by atoms with Gasteiger partial charge in [-0.2, -0.15) is 0 Å². The van der Waals surface area contributed by atoms with Crippen molar-refractivity contribution in [2.24, 2.45) is 7.05 Å². The second-order valence-corrected chi connectivity index (χ2v) is 2.22. The van der Waals surface area contributed by atoms with Crippen molar-refractivity contribution in [3.8, 4) is 0 Å². The summed E-state index contributed by atoms with van der Waals surface area (Å²) in [5.74, 6) is 0. The van der Waals surface area contributed by atoms with Crippen LogP contribution in [-0.2, 0) is 11.9 Å². The number of hydrogen-bond acceptors (Lipinski definition) is 4. The molecule has 6 nitrogen and oxygen atoms in total. The van der Waals surface area contributed by atoms with Crippen LogP contribution in [0.25, 0.3) is 0 Å². The fraction of sp³-hybridized carbons (Fsp3) is 0.333. The largest absolute Gasteiger partial charge is 0.328 e. The Kier molecular flexibility index (Phi) is 2.29. The van der Waals surface area contributed by atoms with Crippen molar-refractivity contribution in [2.45, 2.75) is 0 Å².